The number of hydrogen-bond acceptors (Lipinski definition) is 6. The van der Waals surface area contributed by atoms with E-state index in [2.05, 4.69) is 5.32 Å². The fourth-order valence-corrected chi connectivity index (χ4v) is 2.52. The van der Waals surface area contributed by atoms with Gasteiger partial charge in [0, 0.05) is 18.7 Å². The van der Waals surface area contributed by atoms with Gasteiger partial charge in [-0.1, -0.05) is 12.1 Å². The lowest BCUT2D eigenvalue weighted by Crippen LogP contribution is -2.26. The number of hydrogen-bond donors (Lipinski definition) is 2. The molecule has 150 valence electrons. The summed E-state index contributed by atoms with van der Waals surface area (Å²) < 4.78 is 20.8. The SMILES string of the molecule is COc1cc(OC)c(C(=O)NCCc2ccc(OCC(=O)O)cc2)cc1OC. The van der Waals surface area contributed by atoms with E-state index in [4.69, 9.17) is 24.1 Å². The highest BCUT2D eigenvalue weighted by Gasteiger charge is 2.17. The molecule has 0 unspecified atom stereocenters. The van der Waals surface area contributed by atoms with E-state index in [0.29, 0.717) is 41.5 Å². The van der Waals surface area contributed by atoms with E-state index in [1.54, 1.807) is 24.3 Å². The Kier molecular flexibility index (Phi) is 7.50. The molecule has 0 saturated heterocycles. The van der Waals surface area contributed by atoms with Gasteiger partial charge in [-0.3, -0.25) is 4.79 Å². The third kappa shape index (κ3) is 5.54. The molecule has 1 amide bonds. The standard InChI is InChI=1S/C20H23NO7/c1-25-16-11-18(27-3)17(26-2)10-15(16)20(24)21-9-8-13-4-6-14(7-5-13)28-12-19(22)23/h4-7,10-11H,8-9,12H2,1-3H3,(H,21,24)(H,22,23). The summed E-state index contributed by atoms with van der Waals surface area (Å²) in [5.41, 5.74) is 1.32. The van der Waals surface area contributed by atoms with Crippen LogP contribution < -0.4 is 24.3 Å². The van der Waals surface area contributed by atoms with Crippen LogP contribution in [-0.4, -0.2) is 51.5 Å². The van der Waals surface area contributed by atoms with E-state index in [1.165, 1.54) is 21.3 Å². The number of ether oxygens (including phenoxy) is 4. The molecular formula is C20H23NO7. The Morgan fingerprint density at radius 3 is 2.11 bits per heavy atom. The zero-order chi connectivity index (χ0) is 20.5. The summed E-state index contributed by atoms with van der Waals surface area (Å²) in [6.45, 7) is 0.0220. The molecule has 0 saturated carbocycles. The van der Waals surface area contributed by atoms with Gasteiger partial charge < -0.3 is 29.4 Å². The lowest BCUT2D eigenvalue weighted by atomic mass is 10.1. The van der Waals surface area contributed by atoms with Gasteiger partial charge in [0.1, 0.15) is 11.5 Å². The lowest BCUT2D eigenvalue weighted by molar-refractivity contribution is -0.139. The maximum atomic E-state index is 12.5. The zero-order valence-corrected chi connectivity index (χ0v) is 16.0. The highest BCUT2D eigenvalue weighted by Crippen LogP contribution is 2.34. The van der Waals surface area contributed by atoms with Crippen molar-refractivity contribution in [2.75, 3.05) is 34.5 Å². The molecule has 0 spiro atoms. The third-order valence-electron chi connectivity index (χ3n) is 3.94. The summed E-state index contributed by atoms with van der Waals surface area (Å²) in [5, 5.41) is 11.4. The molecule has 0 atom stereocenters. The molecule has 2 rings (SSSR count). The molecule has 2 N–H and O–H groups in total. The monoisotopic (exact) mass is 389 g/mol. The smallest absolute Gasteiger partial charge is 0.341 e. The van der Waals surface area contributed by atoms with Crippen molar-refractivity contribution in [2.45, 2.75) is 6.42 Å². The summed E-state index contributed by atoms with van der Waals surface area (Å²) in [7, 11) is 4.48. The summed E-state index contributed by atoms with van der Waals surface area (Å²) in [4.78, 5) is 23.0. The quantitative estimate of drug-likeness (QED) is 0.642. The van der Waals surface area contributed by atoms with Gasteiger partial charge in [0.2, 0.25) is 0 Å². The minimum absolute atomic E-state index is 0.292. The second-order valence-electron chi connectivity index (χ2n) is 5.74. The summed E-state index contributed by atoms with van der Waals surface area (Å²) >= 11 is 0. The average molecular weight is 389 g/mol. The van der Waals surface area contributed by atoms with Gasteiger partial charge in [0.25, 0.3) is 5.91 Å². The van der Waals surface area contributed by atoms with E-state index < -0.39 is 5.97 Å². The van der Waals surface area contributed by atoms with Crippen LogP contribution in [0.2, 0.25) is 0 Å². The number of carbonyl (C=O) groups is 2. The van der Waals surface area contributed by atoms with Crippen molar-refractivity contribution < 1.29 is 33.6 Å². The molecule has 2 aromatic carbocycles. The number of benzene rings is 2. The Morgan fingerprint density at radius 1 is 0.929 bits per heavy atom. The molecule has 0 heterocycles. The van der Waals surface area contributed by atoms with Crippen LogP contribution in [0.5, 0.6) is 23.0 Å². The van der Waals surface area contributed by atoms with Crippen molar-refractivity contribution in [3.05, 3.63) is 47.5 Å². The number of carboxylic acid groups (broad SMARTS) is 1. The molecule has 0 aliphatic heterocycles. The second-order valence-corrected chi connectivity index (χ2v) is 5.74. The first-order valence-corrected chi connectivity index (χ1v) is 8.50. The number of aliphatic carboxylic acids is 1. The Hall–Kier alpha value is -3.42. The van der Waals surface area contributed by atoms with Crippen LogP contribution in [0.3, 0.4) is 0 Å². The van der Waals surface area contributed by atoms with Crippen molar-refractivity contribution in [3.63, 3.8) is 0 Å². The molecule has 0 radical (unpaired) electrons. The molecule has 0 aromatic heterocycles. The van der Waals surface area contributed by atoms with Crippen molar-refractivity contribution >= 4 is 11.9 Å². The first-order chi connectivity index (χ1) is 13.5. The number of methoxy groups -OCH3 is 3. The van der Waals surface area contributed by atoms with Crippen molar-refractivity contribution in [1.29, 1.82) is 0 Å². The molecule has 8 nitrogen and oxygen atoms in total. The normalized spacial score (nSPS) is 10.1. The number of carbonyl (C=O) groups excluding carboxylic acids is 1. The maximum Gasteiger partial charge on any atom is 0.341 e. The van der Waals surface area contributed by atoms with Crippen molar-refractivity contribution in [1.82, 2.24) is 5.32 Å². The summed E-state index contributed by atoms with van der Waals surface area (Å²) in [6.07, 6.45) is 0.598. The van der Waals surface area contributed by atoms with Crippen LogP contribution in [-0.2, 0) is 11.2 Å². The second kappa shape index (κ2) is 10.1. The van der Waals surface area contributed by atoms with Crippen molar-refractivity contribution in [2.24, 2.45) is 0 Å². The van der Waals surface area contributed by atoms with Crippen LogP contribution >= 0.6 is 0 Å². The van der Waals surface area contributed by atoms with Gasteiger partial charge in [-0.2, -0.15) is 0 Å². The van der Waals surface area contributed by atoms with E-state index >= 15 is 0 Å². The lowest BCUT2D eigenvalue weighted by Gasteiger charge is -2.14. The molecule has 2 aromatic rings. The average Bonchev–Trinajstić information content (AvgIpc) is 2.71. The molecular weight excluding hydrogens is 366 g/mol. The third-order valence-corrected chi connectivity index (χ3v) is 3.94. The van der Waals surface area contributed by atoms with Gasteiger partial charge in [-0.25, -0.2) is 4.79 Å². The first-order valence-electron chi connectivity index (χ1n) is 8.50. The first kappa shape index (κ1) is 20.9. The highest BCUT2D eigenvalue weighted by atomic mass is 16.5. The van der Waals surface area contributed by atoms with Crippen LogP contribution in [0.25, 0.3) is 0 Å². The zero-order valence-electron chi connectivity index (χ0n) is 16.0. The Labute approximate surface area is 163 Å². The minimum Gasteiger partial charge on any atom is -0.496 e. The Bertz CT molecular complexity index is 818. The topological polar surface area (TPSA) is 103 Å². The molecule has 8 heteroatoms. The van der Waals surface area contributed by atoms with Gasteiger partial charge in [0.05, 0.1) is 26.9 Å². The molecule has 0 fully saturated rings. The summed E-state index contributed by atoms with van der Waals surface area (Å²) in [6, 6.07) is 10.2. The van der Waals surface area contributed by atoms with Crippen LogP contribution in [0, 0.1) is 0 Å². The Morgan fingerprint density at radius 2 is 1.54 bits per heavy atom. The fraction of sp³-hybridized carbons (Fsp3) is 0.300. The van der Waals surface area contributed by atoms with Crippen molar-refractivity contribution in [3.8, 4) is 23.0 Å². The van der Waals surface area contributed by atoms with Gasteiger partial charge in [0.15, 0.2) is 18.1 Å². The minimum atomic E-state index is -1.03. The maximum absolute atomic E-state index is 12.5. The molecule has 0 aliphatic carbocycles. The fourth-order valence-electron chi connectivity index (χ4n) is 2.52. The number of nitrogens with one attached hydrogen (secondary N) is 1. The van der Waals surface area contributed by atoms with E-state index in [1.807, 2.05) is 12.1 Å². The predicted molar refractivity (Wildman–Crippen MR) is 102 cm³/mol. The Balaban J connectivity index is 1.96. The molecule has 28 heavy (non-hydrogen) atoms. The van der Waals surface area contributed by atoms with Gasteiger partial charge in [-0.15, -0.1) is 0 Å². The summed E-state index contributed by atoms with van der Waals surface area (Å²) in [5.74, 6) is 0.448. The largest absolute Gasteiger partial charge is 0.496 e. The van der Waals surface area contributed by atoms with Crippen LogP contribution in [0.4, 0.5) is 0 Å². The predicted octanol–water partition coefficient (Wildman–Crippen LogP) is 2.15. The van der Waals surface area contributed by atoms with E-state index in [-0.39, 0.29) is 12.5 Å². The van der Waals surface area contributed by atoms with E-state index in [9.17, 15) is 9.59 Å². The van der Waals surface area contributed by atoms with Gasteiger partial charge in [-0.05, 0) is 24.1 Å². The van der Waals surface area contributed by atoms with Crippen LogP contribution in [0.1, 0.15) is 15.9 Å². The van der Waals surface area contributed by atoms with E-state index in [0.717, 1.165) is 5.56 Å². The molecule has 0 aliphatic rings. The number of rotatable bonds is 10. The highest BCUT2D eigenvalue weighted by molar-refractivity contribution is 5.97. The van der Waals surface area contributed by atoms with Crippen LogP contribution in [0.15, 0.2) is 36.4 Å². The number of amides is 1. The van der Waals surface area contributed by atoms with Gasteiger partial charge >= 0.3 is 5.97 Å². The molecule has 0 bridgehead atoms. The number of carboxylic acids is 1.